The Hall–Kier alpha value is -1.72. The minimum Gasteiger partial charge on any atom is -0.324 e. The molecule has 7 heteroatoms. The van der Waals surface area contributed by atoms with Crippen LogP contribution in [-0.2, 0) is 4.79 Å². The number of rotatable bonds is 7. The molecule has 2 aromatic carbocycles. The van der Waals surface area contributed by atoms with Crippen molar-refractivity contribution in [3.8, 4) is 0 Å². The van der Waals surface area contributed by atoms with Gasteiger partial charge in [-0.3, -0.25) is 4.79 Å². The molecule has 0 saturated heterocycles. The van der Waals surface area contributed by atoms with E-state index in [1.807, 2.05) is 6.07 Å². The van der Waals surface area contributed by atoms with Gasteiger partial charge < -0.3 is 5.32 Å². The lowest BCUT2D eigenvalue weighted by molar-refractivity contribution is -0.178. The molecule has 29 heavy (non-hydrogen) atoms. The molecule has 2 atom stereocenters. The fourth-order valence-corrected chi connectivity index (χ4v) is 3.68. The van der Waals surface area contributed by atoms with E-state index in [2.05, 4.69) is 19.2 Å². The average Bonchev–Trinajstić information content (AvgIpc) is 2.66. The molecule has 0 heterocycles. The van der Waals surface area contributed by atoms with Crippen molar-refractivity contribution >= 4 is 34.8 Å². The Morgan fingerprint density at radius 1 is 1.00 bits per heavy atom. The van der Waals surface area contributed by atoms with E-state index < -0.39 is 23.9 Å². The standard InChI is InChI=1S/C22H24Cl2F3NO/c1-4-14(5-2)16-8-11-18(24)19(12-16)28-21(29)20(13(3)22(25,26)27)15-6-9-17(23)10-7-15/h6-14,20H,4-5H2,1-3H3,(H,28,29)/t13-,20+/m1/s1. The van der Waals surface area contributed by atoms with Gasteiger partial charge in [0.05, 0.1) is 22.5 Å². The summed E-state index contributed by atoms with van der Waals surface area (Å²) in [6, 6.07) is 11.1. The monoisotopic (exact) mass is 445 g/mol. The van der Waals surface area contributed by atoms with E-state index in [1.165, 1.54) is 24.3 Å². The zero-order valence-corrected chi connectivity index (χ0v) is 18.0. The van der Waals surface area contributed by atoms with Gasteiger partial charge in [0, 0.05) is 5.02 Å². The molecule has 1 amide bonds. The summed E-state index contributed by atoms with van der Waals surface area (Å²) in [4.78, 5) is 13.0. The minimum absolute atomic E-state index is 0.240. The minimum atomic E-state index is -4.54. The van der Waals surface area contributed by atoms with Crippen LogP contribution in [0.15, 0.2) is 42.5 Å². The summed E-state index contributed by atoms with van der Waals surface area (Å²) in [6.07, 6.45) is -2.73. The highest BCUT2D eigenvalue weighted by Crippen LogP contribution is 2.39. The van der Waals surface area contributed by atoms with E-state index in [1.54, 1.807) is 12.1 Å². The van der Waals surface area contributed by atoms with Crippen molar-refractivity contribution in [2.45, 2.75) is 51.6 Å². The Morgan fingerprint density at radius 3 is 2.07 bits per heavy atom. The molecule has 2 nitrogen and oxygen atoms in total. The van der Waals surface area contributed by atoms with Crippen molar-refractivity contribution in [3.05, 3.63) is 63.6 Å². The lowest BCUT2D eigenvalue weighted by atomic mass is 9.85. The average molecular weight is 446 g/mol. The van der Waals surface area contributed by atoms with Crippen LogP contribution in [-0.4, -0.2) is 12.1 Å². The molecule has 2 aromatic rings. The molecule has 0 spiro atoms. The molecule has 0 fully saturated rings. The van der Waals surface area contributed by atoms with Gasteiger partial charge in [0.1, 0.15) is 0 Å². The number of hydrogen-bond donors (Lipinski definition) is 1. The van der Waals surface area contributed by atoms with Crippen LogP contribution in [0.5, 0.6) is 0 Å². The maximum atomic E-state index is 13.5. The maximum absolute atomic E-state index is 13.5. The van der Waals surface area contributed by atoms with E-state index in [0.717, 1.165) is 25.3 Å². The second-order valence-electron chi connectivity index (χ2n) is 7.10. The molecular formula is C22H24Cl2F3NO. The number of carbonyl (C=O) groups excluding carboxylic acids is 1. The molecule has 0 aromatic heterocycles. The predicted octanol–water partition coefficient (Wildman–Crippen LogP) is 7.82. The van der Waals surface area contributed by atoms with Crippen molar-refractivity contribution in [2.24, 2.45) is 5.92 Å². The number of benzene rings is 2. The van der Waals surface area contributed by atoms with E-state index in [4.69, 9.17) is 23.2 Å². The molecule has 0 radical (unpaired) electrons. The number of hydrogen-bond acceptors (Lipinski definition) is 1. The molecule has 0 unspecified atom stereocenters. The maximum Gasteiger partial charge on any atom is 0.392 e. The first-order valence-corrected chi connectivity index (χ1v) is 10.3. The topological polar surface area (TPSA) is 29.1 Å². The van der Waals surface area contributed by atoms with Gasteiger partial charge in [0.15, 0.2) is 0 Å². The fraction of sp³-hybridized carbons (Fsp3) is 0.409. The van der Waals surface area contributed by atoms with E-state index in [9.17, 15) is 18.0 Å². The largest absolute Gasteiger partial charge is 0.392 e. The molecule has 0 bridgehead atoms. The van der Waals surface area contributed by atoms with Crippen LogP contribution in [0.2, 0.25) is 10.0 Å². The van der Waals surface area contributed by atoms with Crippen LogP contribution in [0.25, 0.3) is 0 Å². The Morgan fingerprint density at radius 2 is 1.55 bits per heavy atom. The number of amides is 1. The molecule has 0 aliphatic rings. The van der Waals surface area contributed by atoms with Crippen molar-refractivity contribution in [1.82, 2.24) is 0 Å². The molecule has 0 aliphatic heterocycles. The third-order valence-electron chi connectivity index (χ3n) is 5.23. The number of carbonyl (C=O) groups is 1. The van der Waals surface area contributed by atoms with E-state index in [0.29, 0.717) is 10.7 Å². The van der Waals surface area contributed by atoms with Crippen LogP contribution in [0, 0.1) is 5.92 Å². The summed E-state index contributed by atoms with van der Waals surface area (Å²) < 4.78 is 40.4. The SMILES string of the molecule is CCC(CC)c1ccc(Cl)c(NC(=O)[C@H](c2ccc(Cl)cc2)[C@@H](C)C(F)(F)F)c1. The number of halogens is 5. The van der Waals surface area contributed by atoms with Gasteiger partial charge in [-0.1, -0.05) is 62.2 Å². The van der Waals surface area contributed by atoms with Crippen LogP contribution >= 0.6 is 23.2 Å². The first kappa shape index (κ1) is 23.6. The Bertz CT molecular complexity index is 833. The van der Waals surface area contributed by atoms with Gasteiger partial charge >= 0.3 is 6.18 Å². The lowest BCUT2D eigenvalue weighted by Crippen LogP contribution is -2.34. The van der Waals surface area contributed by atoms with Crippen molar-refractivity contribution in [1.29, 1.82) is 0 Å². The zero-order chi connectivity index (χ0) is 21.8. The fourth-order valence-electron chi connectivity index (χ4n) is 3.39. The summed E-state index contributed by atoms with van der Waals surface area (Å²) in [6.45, 7) is 5.12. The van der Waals surface area contributed by atoms with Crippen molar-refractivity contribution in [2.75, 3.05) is 5.32 Å². The third kappa shape index (κ3) is 5.89. The number of anilines is 1. The van der Waals surface area contributed by atoms with Crippen LogP contribution in [0.3, 0.4) is 0 Å². The highest BCUT2D eigenvalue weighted by molar-refractivity contribution is 6.33. The third-order valence-corrected chi connectivity index (χ3v) is 5.81. The highest BCUT2D eigenvalue weighted by Gasteiger charge is 2.45. The molecular weight excluding hydrogens is 422 g/mol. The van der Waals surface area contributed by atoms with E-state index >= 15 is 0 Å². The van der Waals surface area contributed by atoms with Crippen molar-refractivity contribution in [3.63, 3.8) is 0 Å². The van der Waals surface area contributed by atoms with Gasteiger partial charge in [0.2, 0.25) is 5.91 Å². The smallest absolute Gasteiger partial charge is 0.324 e. The number of alkyl halides is 3. The van der Waals surface area contributed by atoms with Crippen LogP contribution < -0.4 is 5.32 Å². The molecule has 0 saturated carbocycles. The normalized spacial score (nSPS) is 14.0. The van der Waals surface area contributed by atoms with Gasteiger partial charge in [-0.2, -0.15) is 13.2 Å². The Labute approximate surface area is 179 Å². The summed E-state index contributed by atoms with van der Waals surface area (Å²) in [7, 11) is 0. The Kier molecular flexibility index (Phi) is 8.01. The zero-order valence-electron chi connectivity index (χ0n) is 16.5. The van der Waals surface area contributed by atoms with Crippen LogP contribution in [0.1, 0.15) is 56.6 Å². The molecule has 0 aliphatic carbocycles. The summed E-state index contributed by atoms with van der Waals surface area (Å²) in [5.74, 6) is -3.80. The second kappa shape index (κ2) is 9.86. The summed E-state index contributed by atoms with van der Waals surface area (Å²) >= 11 is 12.1. The first-order valence-electron chi connectivity index (χ1n) is 9.50. The molecule has 158 valence electrons. The quantitative estimate of drug-likeness (QED) is 0.462. The van der Waals surface area contributed by atoms with Crippen molar-refractivity contribution < 1.29 is 18.0 Å². The van der Waals surface area contributed by atoms with Gasteiger partial charge in [-0.05, 0) is 54.2 Å². The molecule has 2 rings (SSSR count). The predicted molar refractivity (Wildman–Crippen MR) is 113 cm³/mol. The lowest BCUT2D eigenvalue weighted by Gasteiger charge is -2.26. The first-order chi connectivity index (χ1) is 13.6. The van der Waals surface area contributed by atoms with Gasteiger partial charge in [-0.15, -0.1) is 0 Å². The van der Waals surface area contributed by atoms with Crippen LogP contribution in [0.4, 0.5) is 18.9 Å². The van der Waals surface area contributed by atoms with Gasteiger partial charge in [0.25, 0.3) is 0 Å². The molecule has 1 N–H and O–H groups in total. The van der Waals surface area contributed by atoms with E-state index in [-0.39, 0.29) is 16.5 Å². The summed E-state index contributed by atoms with van der Waals surface area (Å²) in [5, 5.41) is 3.28. The number of nitrogens with one attached hydrogen (secondary N) is 1. The Balaban J connectivity index is 2.39. The van der Waals surface area contributed by atoms with Gasteiger partial charge in [-0.25, -0.2) is 0 Å². The summed E-state index contributed by atoms with van der Waals surface area (Å²) in [5.41, 5.74) is 1.54. The second-order valence-corrected chi connectivity index (χ2v) is 7.95. The highest BCUT2D eigenvalue weighted by atomic mass is 35.5.